The summed E-state index contributed by atoms with van der Waals surface area (Å²) in [6.45, 7) is 4.30. The Morgan fingerprint density at radius 2 is 1.82 bits per heavy atom. The third-order valence-corrected chi connectivity index (χ3v) is 9.20. The number of methoxy groups -OCH3 is 2. The average Bonchev–Trinajstić information content (AvgIpc) is 3.34. The van der Waals surface area contributed by atoms with Crippen molar-refractivity contribution >= 4 is 55.2 Å². The van der Waals surface area contributed by atoms with Crippen molar-refractivity contribution in [3.8, 4) is 17.2 Å². The molecule has 2 heterocycles. The van der Waals surface area contributed by atoms with Gasteiger partial charge in [-0.3, -0.25) is 9.36 Å². The molecule has 0 spiro atoms. The van der Waals surface area contributed by atoms with Gasteiger partial charge < -0.3 is 18.9 Å². The highest BCUT2D eigenvalue weighted by Gasteiger charge is 2.36. The van der Waals surface area contributed by atoms with Crippen LogP contribution in [0.1, 0.15) is 49.4 Å². The van der Waals surface area contributed by atoms with Gasteiger partial charge in [0.2, 0.25) is 0 Å². The van der Waals surface area contributed by atoms with Crippen LogP contribution in [-0.2, 0) is 16.1 Å². The van der Waals surface area contributed by atoms with Crippen molar-refractivity contribution in [3.05, 3.63) is 117 Å². The molecular weight excluding hydrogens is 724 g/mol. The van der Waals surface area contributed by atoms with Crippen LogP contribution in [0.4, 0.5) is 0 Å². The van der Waals surface area contributed by atoms with Crippen molar-refractivity contribution in [1.82, 2.24) is 4.57 Å². The minimum absolute atomic E-state index is 0.178. The second kappa shape index (κ2) is 14.6. The Hall–Kier alpha value is -3.67. The van der Waals surface area contributed by atoms with Gasteiger partial charge in [-0.25, -0.2) is 9.79 Å². The van der Waals surface area contributed by atoms with E-state index in [-0.39, 0.29) is 12.2 Å². The molecule has 1 aliphatic heterocycles. The van der Waals surface area contributed by atoms with Crippen molar-refractivity contribution in [2.45, 2.75) is 39.3 Å². The molecule has 1 atom stereocenters. The number of rotatable bonds is 11. The summed E-state index contributed by atoms with van der Waals surface area (Å²) in [6.07, 6.45) is 3.07. The number of benzene rings is 3. The van der Waals surface area contributed by atoms with Gasteiger partial charge in [0.15, 0.2) is 4.80 Å². The number of allylic oxidation sites excluding steroid dienone is 1. The highest BCUT2D eigenvalue weighted by atomic mass is 79.9. The molecule has 0 aliphatic carbocycles. The van der Waals surface area contributed by atoms with Crippen LogP contribution in [0, 0.1) is 0 Å². The van der Waals surface area contributed by atoms with Crippen molar-refractivity contribution in [1.29, 1.82) is 0 Å². The first kappa shape index (κ1) is 32.7. The largest absolute Gasteiger partial charge is 0.497 e. The number of thiazole rings is 1. The smallest absolute Gasteiger partial charge is 0.338 e. The summed E-state index contributed by atoms with van der Waals surface area (Å²) in [6, 6.07) is 18.1. The van der Waals surface area contributed by atoms with Crippen molar-refractivity contribution in [2.75, 3.05) is 20.8 Å². The highest BCUT2D eigenvalue weighted by Crippen LogP contribution is 2.39. The number of hydrogen-bond acceptors (Lipinski definition) is 8. The van der Waals surface area contributed by atoms with Crippen molar-refractivity contribution < 1.29 is 23.7 Å². The lowest BCUT2D eigenvalue weighted by molar-refractivity contribution is -0.139. The number of nitrogens with zero attached hydrogens (tertiary/aromatic N) is 2. The molecule has 8 nitrogen and oxygen atoms in total. The molecule has 3 aromatic carbocycles. The van der Waals surface area contributed by atoms with Gasteiger partial charge in [0.1, 0.15) is 29.9 Å². The maximum atomic E-state index is 14.4. The number of carbonyl (C=O) groups excluding carboxylic acids is 1. The Morgan fingerprint density at radius 1 is 1.04 bits per heavy atom. The summed E-state index contributed by atoms with van der Waals surface area (Å²) < 4.78 is 26.6. The lowest BCUT2D eigenvalue weighted by Crippen LogP contribution is -2.40. The normalized spacial score (nSPS) is 14.5. The first-order valence-electron chi connectivity index (χ1n) is 14.4. The molecule has 0 radical (unpaired) electrons. The summed E-state index contributed by atoms with van der Waals surface area (Å²) in [5, 5.41) is 0. The first-order chi connectivity index (χ1) is 21.8. The van der Waals surface area contributed by atoms with Gasteiger partial charge in [0, 0.05) is 15.6 Å². The maximum Gasteiger partial charge on any atom is 0.338 e. The minimum Gasteiger partial charge on any atom is -0.497 e. The van der Waals surface area contributed by atoms with Crippen molar-refractivity contribution in [3.63, 3.8) is 0 Å². The van der Waals surface area contributed by atoms with Crippen LogP contribution in [0.25, 0.3) is 6.08 Å². The van der Waals surface area contributed by atoms with Gasteiger partial charge in [-0.15, -0.1) is 0 Å². The molecule has 5 rings (SSSR count). The number of esters is 1. The van der Waals surface area contributed by atoms with Crippen LogP contribution >= 0.6 is 43.2 Å². The second-order valence-electron chi connectivity index (χ2n) is 10.1. The first-order valence-corrected chi connectivity index (χ1v) is 16.8. The van der Waals surface area contributed by atoms with Gasteiger partial charge in [-0.1, -0.05) is 70.9 Å². The number of ether oxygens (including phenoxy) is 4. The molecular formula is C34H32Br2N2O6S. The molecule has 1 aliphatic rings. The predicted octanol–water partition coefficient (Wildman–Crippen LogP) is 6.70. The predicted molar refractivity (Wildman–Crippen MR) is 182 cm³/mol. The Morgan fingerprint density at radius 3 is 2.51 bits per heavy atom. The highest BCUT2D eigenvalue weighted by molar-refractivity contribution is 9.11. The molecule has 0 bridgehead atoms. The van der Waals surface area contributed by atoms with Crippen LogP contribution in [0.5, 0.6) is 17.2 Å². The zero-order valence-corrected chi connectivity index (χ0v) is 29.3. The number of halogens is 2. The Kier molecular flexibility index (Phi) is 10.6. The summed E-state index contributed by atoms with van der Waals surface area (Å²) >= 11 is 8.47. The average molecular weight is 757 g/mol. The molecule has 11 heteroatoms. The zero-order valence-electron chi connectivity index (χ0n) is 25.3. The lowest BCUT2D eigenvalue weighted by Gasteiger charge is -2.27. The molecule has 0 saturated carbocycles. The van der Waals surface area contributed by atoms with E-state index in [0.29, 0.717) is 62.0 Å². The van der Waals surface area contributed by atoms with E-state index in [4.69, 9.17) is 23.9 Å². The summed E-state index contributed by atoms with van der Waals surface area (Å²) in [7, 11) is 3.12. The molecule has 234 valence electrons. The fourth-order valence-corrected chi connectivity index (χ4v) is 7.56. The second-order valence-corrected chi connectivity index (χ2v) is 12.9. The van der Waals surface area contributed by atoms with Crippen LogP contribution in [-0.4, -0.2) is 31.4 Å². The topological polar surface area (TPSA) is 88.4 Å². The van der Waals surface area contributed by atoms with Gasteiger partial charge in [-0.2, -0.15) is 0 Å². The molecule has 0 fully saturated rings. The fourth-order valence-electron chi connectivity index (χ4n) is 5.18. The van der Waals surface area contributed by atoms with E-state index >= 15 is 0 Å². The van der Waals surface area contributed by atoms with Crippen molar-refractivity contribution in [2.24, 2.45) is 4.99 Å². The van der Waals surface area contributed by atoms with Gasteiger partial charge in [0.05, 0.1) is 41.1 Å². The Balaban J connectivity index is 1.74. The standard InChI is InChI=1S/C34H32Br2N2O6S/c1-5-10-26-29(33(40)43-6-2)30(24-18-23(41-3)13-14-27(24)42-4)38-32(39)28(45-34(38)37-26)16-21-15-22(35)17-25(36)31(21)44-19-20-11-8-7-9-12-20/h7-9,11-18,30H,5-6,10,19H2,1-4H3/b28-16-/t30-/m1/s1. The van der Waals surface area contributed by atoms with E-state index in [0.717, 1.165) is 20.9 Å². The quantitative estimate of drug-likeness (QED) is 0.159. The molecule has 0 saturated heterocycles. The fraction of sp³-hybridized carbons (Fsp3) is 0.265. The molecule has 0 unspecified atom stereocenters. The van der Waals surface area contributed by atoms with Gasteiger partial charge in [-0.05, 0) is 71.2 Å². The van der Waals surface area contributed by atoms with Crippen LogP contribution in [0.3, 0.4) is 0 Å². The third kappa shape index (κ3) is 6.95. The third-order valence-electron chi connectivity index (χ3n) is 7.17. The number of fused-ring (bicyclic) bond motifs is 1. The van der Waals surface area contributed by atoms with Crippen LogP contribution < -0.4 is 29.1 Å². The van der Waals surface area contributed by atoms with E-state index in [1.54, 1.807) is 50.0 Å². The number of hydrogen-bond donors (Lipinski definition) is 0. The molecule has 1 aromatic heterocycles. The Labute approximate surface area is 281 Å². The number of carbonyl (C=O) groups is 1. The lowest BCUT2D eigenvalue weighted by atomic mass is 9.93. The molecule has 4 aromatic rings. The minimum atomic E-state index is -0.850. The van der Waals surface area contributed by atoms with Gasteiger partial charge in [0.25, 0.3) is 5.56 Å². The van der Waals surface area contributed by atoms with E-state index in [2.05, 4.69) is 31.9 Å². The van der Waals surface area contributed by atoms with E-state index in [1.165, 1.54) is 11.3 Å². The van der Waals surface area contributed by atoms with Crippen LogP contribution in [0.2, 0.25) is 0 Å². The monoisotopic (exact) mass is 754 g/mol. The summed E-state index contributed by atoms with van der Waals surface area (Å²) in [5.41, 5.74) is 2.88. The molecule has 45 heavy (non-hydrogen) atoms. The SMILES string of the molecule is CCCC1=C(C(=O)OCC)[C@@H](c2cc(OC)ccc2OC)n2c(s/c(=C\c3cc(Br)cc(Br)c3OCc3ccccc3)c2=O)=N1. The summed E-state index contributed by atoms with van der Waals surface area (Å²) in [4.78, 5) is 33.3. The zero-order chi connectivity index (χ0) is 32.1. The Bertz CT molecular complexity index is 1930. The maximum absolute atomic E-state index is 14.4. The van der Waals surface area contributed by atoms with E-state index < -0.39 is 12.0 Å². The molecule has 0 amide bonds. The van der Waals surface area contributed by atoms with E-state index in [1.807, 2.05) is 49.4 Å². The summed E-state index contributed by atoms with van der Waals surface area (Å²) in [5.74, 6) is 1.13. The van der Waals surface area contributed by atoms with Gasteiger partial charge >= 0.3 is 5.97 Å². The number of aromatic nitrogens is 1. The molecule has 0 N–H and O–H groups in total. The van der Waals surface area contributed by atoms with E-state index in [9.17, 15) is 9.59 Å². The van der Waals surface area contributed by atoms with Crippen LogP contribution in [0.15, 0.2) is 90.7 Å².